The minimum absolute atomic E-state index is 0.320. The van der Waals surface area contributed by atoms with Gasteiger partial charge >= 0.3 is 0 Å². The first-order valence-electron chi connectivity index (χ1n) is 6.71. The Hall–Kier alpha value is -3.21. The molecule has 3 aromatic rings. The quantitative estimate of drug-likeness (QED) is 0.593. The van der Waals surface area contributed by atoms with Crippen LogP contribution in [0, 0.1) is 0 Å². The number of hydrazone groups is 1. The second-order valence-electron chi connectivity index (χ2n) is 4.51. The monoisotopic (exact) mass is 291 g/mol. The maximum atomic E-state index is 11.8. The Bertz CT molecular complexity index is 780. The average molecular weight is 291 g/mol. The van der Waals surface area contributed by atoms with Gasteiger partial charge in [-0.25, -0.2) is 5.43 Å². The lowest BCUT2D eigenvalue weighted by atomic mass is 10.2. The number of hydrogen-bond acceptors (Lipinski definition) is 4. The van der Waals surface area contributed by atoms with E-state index < -0.39 is 0 Å². The lowest BCUT2D eigenvalue weighted by molar-refractivity contribution is 0.0955. The van der Waals surface area contributed by atoms with Crippen LogP contribution in [0.5, 0.6) is 0 Å². The Morgan fingerprint density at radius 2 is 1.95 bits per heavy atom. The van der Waals surface area contributed by atoms with Crippen LogP contribution in [0.25, 0.3) is 11.3 Å². The third-order valence-corrected chi connectivity index (χ3v) is 2.97. The van der Waals surface area contributed by atoms with Crippen LogP contribution in [-0.4, -0.2) is 17.1 Å². The molecule has 0 unspecified atom stereocenters. The minimum Gasteiger partial charge on any atom is -0.455 e. The van der Waals surface area contributed by atoms with Gasteiger partial charge in [0, 0.05) is 18.0 Å². The fraction of sp³-hybridized carbons (Fsp3) is 0. The molecule has 0 atom stereocenters. The van der Waals surface area contributed by atoms with Crippen LogP contribution < -0.4 is 5.43 Å². The summed E-state index contributed by atoms with van der Waals surface area (Å²) in [5.41, 5.74) is 3.86. The Balaban J connectivity index is 1.64. The van der Waals surface area contributed by atoms with Crippen molar-refractivity contribution < 1.29 is 9.21 Å². The molecule has 5 nitrogen and oxygen atoms in total. The summed E-state index contributed by atoms with van der Waals surface area (Å²) >= 11 is 0. The molecule has 0 saturated heterocycles. The Labute approximate surface area is 127 Å². The number of furan rings is 1. The number of nitrogens with one attached hydrogen (secondary N) is 1. The molecule has 3 rings (SSSR count). The fourth-order valence-corrected chi connectivity index (χ4v) is 1.90. The zero-order chi connectivity index (χ0) is 15.2. The van der Waals surface area contributed by atoms with Gasteiger partial charge in [0.2, 0.25) is 0 Å². The third-order valence-electron chi connectivity index (χ3n) is 2.97. The highest BCUT2D eigenvalue weighted by Crippen LogP contribution is 2.20. The smallest absolute Gasteiger partial charge is 0.272 e. The van der Waals surface area contributed by atoms with Gasteiger partial charge in [-0.05, 0) is 24.3 Å². The molecule has 0 fully saturated rings. The van der Waals surface area contributed by atoms with E-state index in [1.807, 2.05) is 36.4 Å². The molecule has 2 heterocycles. The number of benzene rings is 1. The first-order valence-corrected chi connectivity index (χ1v) is 6.71. The van der Waals surface area contributed by atoms with E-state index in [0.717, 1.165) is 11.3 Å². The van der Waals surface area contributed by atoms with Crippen LogP contribution in [-0.2, 0) is 0 Å². The second kappa shape index (κ2) is 6.49. The molecule has 0 spiro atoms. The number of hydrogen-bond donors (Lipinski definition) is 1. The summed E-state index contributed by atoms with van der Waals surface area (Å²) in [5, 5.41) is 3.88. The van der Waals surface area contributed by atoms with Gasteiger partial charge in [-0.15, -0.1) is 0 Å². The predicted molar refractivity (Wildman–Crippen MR) is 83.4 cm³/mol. The van der Waals surface area contributed by atoms with Crippen LogP contribution in [0.1, 0.15) is 16.1 Å². The molecule has 0 radical (unpaired) electrons. The number of nitrogens with zero attached hydrogens (tertiary/aromatic N) is 2. The first kappa shape index (κ1) is 13.8. The van der Waals surface area contributed by atoms with Crippen molar-refractivity contribution in [1.29, 1.82) is 0 Å². The Morgan fingerprint density at radius 3 is 2.73 bits per heavy atom. The number of carbonyl (C=O) groups excluding carboxylic acids is 1. The number of rotatable bonds is 4. The fourth-order valence-electron chi connectivity index (χ4n) is 1.90. The van der Waals surface area contributed by atoms with Crippen LogP contribution >= 0.6 is 0 Å². The molecule has 0 aliphatic rings. The van der Waals surface area contributed by atoms with Crippen LogP contribution in [0.4, 0.5) is 0 Å². The standard InChI is InChI=1S/C17H13N3O2/c21-17(14-7-4-10-18-11-14)20-19-12-15-8-9-16(22-15)13-5-2-1-3-6-13/h1-12H,(H,20,21). The van der Waals surface area contributed by atoms with Crippen LogP contribution in [0.15, 0.2) is 76.5 Å². The van der Waals surface area contributed by atoms with Gasteiger partial charge in [0.25, 0.3) is 5.91 Å². The number of amides is 1. The Kier molecular flexibility index (Phi) is 4.06. The SMILES string of the molecule is O=C(NN=Cc1ccc(-c2ccccc2)o1)c1cccnc1. The van der Waals surface area contributed by atoms with Gasteiger partial charge < -0.3 is 4.42 Å². The van der Waals surface area contributed by atoms with Crippen molar-refractivity contribution in [2.75, 3.05) is 0 Å². The second-order valence-corrected chi connectivity index (χ2v) is 4.51. The molecular formula is C17H13N3O2. The lowest BCUT2D eigenvalue weighted by Crippen LogP contribution is -2.17. The largest absolute Gasteiger partial charge is 0.455 e. The van der Waals surface area contributed by atoms with Crippen molar-refractivity contribution in [3.05, 3.63) is 78.3 Å². The van der Waals surface area contributed by atoms with E-state index in [2.05, 4.69) is 15.5 Å². The summed E-state index contributed by atoms with van der Waals surface area (Å²) in [5.74, 6) is 0.991. The topological polar surface area (TPSA) is 67.5 Å². The summed E-state index contributed by atoms with van der Waals surface area (Å²) in [7, 11) is 0. The van der Waals surface area contributed by atoms with Gasteiger partial charge in [-0.1, -0.05) is 30.3 Å². The molecule has 0 aliphatic heterocycles. The maximum absolute atomic E-state index is 11.8. The highest BCUT2D eigenvalue weighted by Gasteiger charge is 2.04. The van der Waals surface area contributed by atoms with E-state index in [1.54, 1.807) is 24.4 Å². The van der Waals surface area contributed by atoms with Crippen LogP contribution in [0.3, 0.4) is 0 Å². The molecular weight excluding hydrogens is 278 g/mol. The highest BCUT2D eigenvalue weighted by atomic mass is 16.3. The lowest BCUT2D eigenvalue weighted by Gasteiger charge is -1.97. The van der Waals surface area contributed by atoms with Crippen LogP contribution in [0.2, 0.25) is 0 Å². The zero-order valence-electron chi connectivity index (χ0n) is 11.6. The molecule has 5 heteroatoms. The molecule has 0 bridgehead atoms. The third kappa shape index (κ3) is 3.27. The molecule has 1 aromatic carbocycles. The van der Waals surface area contributed by atoms with E-state index in [1.165, 1.54) is 12.4 Å². The Morgan fingerprint density at radius 1 is 1.09 bits per heavy atom. The van der Waals surface area contributed by atoms with E-state index in [4.69, 9.17) is 4.42 Å². The number of aromatic nitrogens is 1. The van der Waals surface area contributed by atoms with E-state index in [0.29, 0.717) is 11.3 Å². The molecule has 22 heavy (non-hydrogen) atoms. The van der Waals surface area contributed by atoms with E-state index >= 15 is 0 Å². The number of pyridine rings is 1. The van der Waals surface area contributed by atoms with Gasteiger partial charge in [-0.3, -0.25) is 9.78 Å². The van der Waals surface area contributed by atoms with E-state index in [9.17, 15) is 4.79 Å². The molecule has 1 N–H and O–H groups in total. The summed E-state index contributed by atoms with van der Waals surface area (Å²) < 4.78 is 5.64. The normalized spacial score (nSPS) is 10.7. The molecule has 108 valence electrons. The highest BCUT2D eigenvalue weighted by molar-refractivity contribution is 5.94. The zero-order valence-corrected chi connectivity index (χ0v) is 11.6. The van der Waals surface area contributed by atoms with Crippen molar-refractivity contribution in [3.63, 3.8) is 0 Å². The van der Waals surface area contributed by atoms with Crippen molar-refractivity contribution in [2.24, 2.45) is 5.10 Å². The first-order chi connectivity index (χ1) is 10.8. The molecule has 0 saturated carbocycles. The van der Waals surface area contributed by atoms with Gasteiger partial charge in [-0.2, -0.15) is 5.10 Å². The van der Waals surface area contributed by atoms with Gasteiger partial charge in [0.05, 0.1) is 11.8 Å². The van der Waals surface area contributed by atoms with Gasteiger partial charge in [0.15, 0.2) is 0 Å². The molecule has 1 amide bonds. The molecule has 2 aromatic heterocycles. The van der Waals surface area contributed by atoms with Crippen molar-refractivity contribution in [2.45, 2.75) is 0 Å². The maximum Gasteiger partial charge on any atom is 0.272 e. The summed E-state index contributed by atoms with van der Waals surface area (Å²) in [6.07, 6.45) is 4.54. The van der Waals surface area contributed by atoms with E-state index in [-0.39, 0.29) is 5.91 Å². The van der Waals surface area contributed by atoms with Crippen molar-refractivity contribution >= 4 is 12.1 Å². The molecule has 0 aliphatic carbocycles. The number of carbonyl (C=O) groups is 1. The van der Waals surface area contributed by atoms with Crippen molar-refractivity contribution in [3.8, 4) is 11.3 Å². The van der Waals surface area contributed by atoms with Crippen molar-refractivity contribution in [1.82, 2.24) is 10.4 Å². The minimum atomic E-state index is -0.320. The average Bonchev–Trinajstić information content (AvgIpc) is 3.05. The summed E-state index contributed by atoms with van der Waals surface area (Å²) in [4.78, 5) is 15.6. The summed E-state index contributed by atoms with van der Waals surface area (Å²) in [6.45, 7) is 0. The summed E-state index contributed by atoms with van der Waals surface area (Å²) in [6, 6.07) is 16.8. The van der Waals surface area contributed by atoms with Gasteiger partial charge in [0.1, 0.15) is 11.5 Å². The predicted octanol–water partition coefficient (Wildman–Crippen LogP) is 3.11.